The van der Waals surface area contributed by atoms with Gasteiger partial charge in [-0.25, -0.2) is 9.97 Å². The van der Waals surface area contributed by atoms with Crippen molar-refractivity contribution in [1.82, 2.24) is 20.2 Å². The molecule has 4 atom stereocenters. The maximum atomic E-state index is 14.9. The van der Waals surface area contributed by atoms with Gasteiger partial charge in [0.05, 0.1) is 48.9 Å². The minimum absolute atomic E-state index is 0.0163. The molecule has 23 heteroatoms. The van der Waals surface area contributed by atoms with E-state index < -0.39 is 52.2 Å². The SMILES string of the molecule is CC(C)(C)c1ccc(Br)c([N+](=O)[O-])c1.CC(C)(C)c1ccc(Br)cc1.Cc1nc(-c2ccc(C(C)(C)C)cc2[N+](=O)[O-])nc(C)c1C(=O)C[C@@H](CCN)C(=O)N(C)[C@@H]1C(=O)C[C@@H](C)C(=O)N[C@H](C(=O)CCC#N)Cc2ccc(OCCN)c(c2)-c2cc1ccc2OCCN. The third-order valence-corrected chi connectivity index (χ3v) is 17.1. The van der Waals surface area contributed by atoms with E-state index in [0.717, 1.165) is 15.6 Å². The summed E-state index contributed by atoms with van der Waals surface area (Å²) in [6.45, 7) is 24.0. The van der Waals surface area contributed by atoms with Crippen LogP contribution in [0.25, 0.3) is 22.5 Å². The van der Waals surface area contributed by atoms with E-state index in [2.05, 4.69) is 92.2 Å². The van der Waals surface area contributed by atoms with E-state index in [1.807, 2.05) is 53.7 Å². The van der Waals surface area contributed by atoms with Crippen LogP contribution in [0.2, 0.25) is 0 Å². The molecule has 7 rings (SSSR count). The van der Waals surface area contributed by atoms with Gasteiger partial charge in [-0.2, -0.15) is 5.26 Å². The normalized spacial score (nSPS) is 15.3. The number of fused-ring (bicyclic) bond motifs is 5. The first-order valence-electron chi connectivity index (χ1n) is 31.1. The summed E-state index contributed by atoms with van der Waals surface area (Å²) in [5.74, 6) is -3.60. The quantitative estimate of drug-likeness (QED) is 0.0332. The van der Waals surface area contributed by atoms with Gasteiger partial charge in [-0.1, -0.05) is 122 Å². The third kappa shape index (κ3) is 20.7. The van der Waals surface area contributed by atoms with E-state index in [9.17, 15) is 49.5 Å². The van der Waals surface area contributed by atoms with Gasteiger partial charge >= 0.3 is 0 Å². The molecule has 2 heterocycles. The van der Waals surface area contributed by atoms with E-state index in [0.29, 0.717) is 38.2 Å². The first kappa shape index (κ1) is 76.6. The molecule has 7 N–H and O–H groups in total. The molecule has 502 valence electrons. The number of hydrogen-bond acceptors (Lipinski definition) is 17. The number of aryl methyl sites for hydroxylation is 2. The van der Waals surface area contributed by atoms with Crippen LogP contribution in [0.5, 0.6) is 11.5 Å². The molecule has 94 heavy (non-hydrogen) atoms. The van der Waals surface area contributed by atoms with Crippen LogP contribution >= 0.6 is 31.9 Å². The number of carbonyl (C=O) groups excluding carboxylic acids is 5. The minimum atomic E-state index is -1.30. The number of nitriles is 1. The molecule has 0 radical (unpaired) electrons. The van der Waals surface area contributed by atoms with E-state index in [1.165, 1.54) is 23.6 Å². The van der Waals surface area contributed by atoms with Gasteiger partial charge < -0.3 is 36.9 Å². The van der Waals surface area contributed by atoms with E-state index >= 15 is 0 Å². The summed E-state index contributed by atoms with van der Waals surface area (Å²) in [5, 5.41) is 35.0. The molecule has 6 aromatic rings. The molecule has 1 aliphatic heterocycles. The van der Waals surface area contributed by atoms with Crippen molar-refractivity contribution in [3.63, 3.8) is 0 Å². The van der Waals surface area contributed by atoms with Gasteiger partial charge in [0.2, 0.25) is 11.8 Å². The number of ketones is 3. The van der Waals surface area contributed by atoms with Crippen molar-refractivity contribution >= 4 is 72.4 Å². The predicted octanol–water partition coefficient (Wildman–Crippen LogP) is 13.0. The molecule has 2 amide bonds. The van der Waals surface area contributed by atoms with Crippen LogP contribution in [-0.2, 0) is 41.8 Å². The van der Waals surface area contributed by atoms with Crippen LogP contribution in [-0.4, -0.2) is 99.8 Å². The summed E-state index contributed by atoms with van der Waals surface area (Å²) < 4.78 is 13.9. The van der Waals surface area contributed by atoms with Crippen molar-refractivity contribution in [1.29, 1.82) is 5.26 Å². The van der Waals surface area contributed by atoms with Gasteiger partial charge in [-0.15, -0.1) is 0 Å². The number of nitrogens with zero attached hydrogens (tertiary/aromatic N) is 6. The number of halogens is 2. The topological polar surface area (TPSA) is 333 Å². The molecule has 0 aliphatic carbocycles. The molecule has 4 bridgehead atoms. The van der Waals surface area contributed by atoms with Gasteiger partial charge in [-0.05, 0) is 142 Å². The summed E-state index contributed by atoms with van der Waals surface area (Å²) in [7, 11) is 1.46. The highest BCUT2D eigenvalue weighted by Gasteiger charge is 2.37. The first-order chi connectivity index (χ1) is 44.1. The van der Waals surface area contributed by atoms with Gasteiger partial charge in [0.15, 0.2) is 23.2 Å². The largest absolute Gasteiger partial charge is 0.492 e. The molecular weight excluding hydrogens is 1330 g/mol. The number of Topliss-reactive ketones (excluding diaryl/α,β-unsaturated/α-hetero) is 3. The lowest BCUT2D eigenvalue weighted by atomic mass is 9.86. The second-order valence-corrected chi connectivity index (χ2v) is 28.1. The smallest absolute Gasteiger partial charge is 0.283 e. The molecular formula is C71H88Br2N10O11. The number of nitro benzene ring substituents is 2. The monoisotopic (exact) mass is 1410 g/mol. The van der Waals surface area contributed by atoms with E-state index in [1.54, 1.807) is 81.4 Å². The Balaban J connectivity index is 0.000000527. The lowest BCUT2D eigenvalue weighted by Gasteiger charge is -2.32. The Hall–Kier alpha value is -8.14. The van der Waals surface area contributed by atoms with Gasteiger partial charge in [0.25, 0.3) is 11.4 Å². The van der Waals surface area contributed by atoms with Gasteiger partial charge in [0, 0.05) is 85.4 Å². The molecule has 0 spiro atoms. The lowest BCUT2D eigenvalue weighted by Crippen LogP contribution is -2.46. The zero-order chi connectivity index (χ0) is 70.2. The molecule has 0 saturated heterocycles. The second kappa shape index (κ2) is 33.8. The number of hydrogen-bond donors (Lipinski definition) is 4. The Bertz CT molecular complexity index is 3750. The second-order valence-electron chi connectivity index (χ2n) is 26.3. The summed E-state index contributed by atoms with van der Waals surface area (Å²) in [4.78, 5) is 104. The van der Waals surface area contributed by atoms with Crippen molar-refractivity contribution in [3.8, 4) is 40.1 Å². The van der Waals surface area contributed by atoms with Crippen LogP contribution in [0, 0.1) is 57.2 Å². The average Bonchev–Trinajstić information content (AvgIpc) is 0.800. The van der Waals surface area contributed by atoms with E-state index in [4.69, 9.17) is 26.7 Å². The van der Waals surface area contributed by atoms with Crippen LogP contribution in [0.1, 0.15) is 157 Å². The summed E-state index contributed by atoms with van der Waals surface area (Å²) >= 11 is 6.57. The fourth-order valence-electron chi connectivity index (χ4n) is 10.6. The number of amides is 2. The van der Waals surface area contributed by atoms with Crippen molar-refractivity contribution in [3.05, 3.63) is 171 Å². The Kier molecular flexibility index (Phi) is 27.5. The van der Waals surface area contributed by atoms with Crippen molar-refractivity contribution < 1.29 is 43.3 Å². The highest BCUT2D eigenvalue weighted by atomic mass is 79.9. The Morgan fingerprint density at radius 3 is 1.76 bits per heavy atom. The number of carbonyl (C=O) groups is 5. The fourth-order valence-corrected chi connectivity index (χ4v) is 11.3. The summed E-state index contributed by atoms with van der Waals surface area (Å²) in [5.41, 5.74) is 23.5. The van der Waals surface area contributed by atoms with Crippen LogP contribution in [0.4, 0.5) is 11.4 Å². The Morgan fingerprint density at radius 1 is 0.713 bits per heavy atom. The van der Waals surface area contributed by atoms with E-state index in [-0.39, 0.29) is 138 Å². The minimum Gasteiger partial charge on any atom is -0.492 e. The zero-order valence-electron chi connectivity index (χ0n) is 56.0. The highest BCUT2D eigenvalue weighted by molar-refractivity contribution is 9.10. The molecule has 1 aliphatic rings. The van der Waals surface area contributed by atoms with Crippen LogP contribution in [0.15, 0.2) is 106 Å². The number of ether oxygens (including phenoxy) is 2. The van der Waals surface area contributed by atoms with Gasteiger partial charge in [0.1, 0.15) is 30.8 Å². The van der Waals surface area contributed by atoms with Crippen molar-refractivity contribution in [2.24, 2.45) is 29.0 Å². The number of nitro groups is 2. The fraction of sp³-hybridized carbons (Fsp3) is 0.437. The maximum absolute atomic E-state index is 14.9. The van der Waals surface area contributed by atoms with Crippen molar-refractivity contribution in [2.75, 3.05) is 39.9 Å². The summed E-state index contributed by atoms with van der Waals surface area (Å²) in [6.07, 6.45) is -0.701. The number of aromatic nitrogens is 2. The van der Waals surface area contributed by atoms with Crippen LogP contribution < -0.4 is 32.0 Å². The Labute approximate surface area is 567 Å². The number of nitrogens with one attached hydrogen (secondary N) is 1. The van der Waals surface area contributed by atoms with Crippen LogP contribution in [0.3, 0.4) is 0 Å². The number of likely N-dealkylation sites (N-methyl/N-ethyl adjacent to an activating group) is 1. The highest BCUT2D eigenvalue weighted by Crippen LogP contribution is 2.42. The maximum Gasteiger partial charge on any atom is 0.283 e. The molecule has 21 nitrogen and oxygen atoms in total. The molecule has 5 aromatic carbocycles. The lowest BCUT2D eigenvalue weighted by molar-refractivity contribution is -0.385. The Morgan fingerprint density at radius 2 is 1.23 bits per heavy atom. The standard InChI is InChI=1S/C51H63N9O9.C10H12BrNO2.C10H13Br/c1-29-23-43(63)47(33-11-15-45(69-22-20-55)38(26-33)37-24-32(10-14-44(37)68-21-19-54)25-39(58-49(29)64)41(61)9-8-17-52)59(7)50(65)34(16-18-53)27-42(62)46-30(2)56-48(57-31(46)3)36-13-12-35(51(4,5)6)28-40(36)60(66)67;1-10(2,3)7-4-5-8(11)9(6-7)12(13)14;1-10(2,3)8-4-6-9(11)7-5-8/h10-15,24,26,28-29,34,39,47H,8-9,16,18-23,25,27,53-55H2,1-7H3,(H,58,64);4-6H,1-3H3;4-7H,1-3H3/t29-,34-,39+,47+;;/m1../s1. The molecule has 0 unspecified atom stereocenters. The first-order valence-corrected chi connectivity index (χ1v) is 32.7. The van der Waals surface area contributed by atoms with Gasteiger partial charge in [-0.3, -0.25) is 44.2 Å². The molecule has 1 aromatic heterocycles. The number of benzene rings is 5. The molecule has 0 fully saturated rings. The summed E-state index contributed by atoms with van der Waals surface area (Å²) in [6, 6.07) is 28.6. The zero-order valence-corrected chi connectivity index (χ0v) is 59.2. The van der Waals surface area contributed by atoms with Crippen molar-refractivity contribution in [2.45, 2.75) is 150 Å². The average molecular weight is 1420 g/mol. The predicted molar refractivity (Wildman–Crippen MR) is 372 cm³/mol. The number of rotatable bonds is 19. The molecule has 0 saturated carbocycles. The number of nitrogens with two attached hydrogens (primary N) is 3. The third-order valence-electron chi connectivity index (χ3n) is 15.9.